The molecule has 0 saturated carbocycles. The van der Waals surface area contributed by atoms with Crippen molar-refractivity contribution in [3.05, 3.63) is 0 Å². The number of carbonyl (C=O) groups is 3. The van der Waals surface area contributed by atoms with Crippen molar-refractivity contribution in [2.45, 2.75) is 12.3 Å². The fraction of sp³-hybridized carbons (Fsp3) is 0.625. The van der Waals surface area contributed by atoms with Crippen LogP contribution in [0.3, 0.4) is 0 Å². The van der Waals surface area contributed by atoms with E-state index in [1.807, 2.05) is 5.43 Å². The van der Waals surface area contributed by atoms with Gasteiger partial charge in [-0.3, -0.25) is 15.1 Å². The second-order valence-electron chi connectivity index (χ2n) is 4.01. The van der Waals surface area contributed by atoms with E-state index in [1.165, 1.54) is 14.7 Å². The van der Waals surface area contributed by atoms with Crippen LogP contribution in [0.4, 0.5) is 9.59 Å². The fourth-order valence-corrected chi connectivity index (χ4v) is 2.14. The van der Waals surface area contributed by atoms with Gasteiger partial charge in [-0.15, -0.1) is 0 Å². The summed E-state index contributed by atoms with van der Waals surface area (Å²) < 4.78 is 0. The minimum absolute atomic E-state index is 0.186. The van der Waals surface area contributed by atoms with E-state index in [1.54, 1.807) is 14.1 Å². The van der Waals surface area contributed by atoms with Crippen molar-refractivity contribution in [2.24, 2.45) is 5.84 Å². The van der Waals surface area contributed by atoms with Crippen LogP contribution in [0.2, 0.25) is 0 Å². The Morgan fingerprint density at radius 3 is 2.65 bits per heavy atom. The number of amides is 5. The van der Waals surface area contributed by atoms with Crippen LogP contribution < -0.4 is 16.6 Å². The summed E-state index contributed by atoms with van der Waals surface area (Å²) in [5, 5.41) is 2.64. The van der Waals surface area contributed by atoms with Crippen molar-refractivity contribution in [1.82, 2.24) is 25.4 Å². The molecule has 2 aliphatic rings. The predicted octanol–water partition coefficient (Wildman–Crippen LogP) is -2.35. The zero-order valence-electron chi connectivity index (χ0n) is 9.51. The van der Waals surface area contributed by atoms with E-state index in [2.05, 4.69) is 5.32 Å². The number of nitrogens with two attached hydrogens (primary N) is 1. The summed E-state index contributed by atoms with van der Waals surface area (Å²) in [6, 6.07) is -0.604. The third kappa shape index (κ3) is 1.55. The number of carbonyl (C=O) groups excluding carboxylic acids is 3. The van der Waals surface area contributed by atoms with Gasteiger partial charge < -0.3 is 15.1 Å². The molecule has 94 valence electrons. The predicted molar refractivity (Wildman–Crippen MR) is 56.1 cm³/mol. The minimum atomic E-state index is -0.490. The van der Waals surface area contributed by atoms with Crippen LogP contribution in [0, 0.1) is 0 Å². The molecule has 2 saturated heterocycles. The van der Waals surface area contributed by atoms with Crippen LogP contribution in [0.15, 0.2) is 0 Å². The number of rotatable bonds is 2. The van der Waals surface area contributed by atoms with Crippen LogP contribution in [0.5, 0.6) is 0 Å². The summed E-state index contributed by atoms with van der Waals surface area (Å²) in [6.45, 7) is -0.186. The topological polar surface area (TPSA) is 111 Å². The molecule has 2 heterocycles. The molecule has 2 atom stereocenters. The number of hydrazine groups is 1. The Kier molecular flexibility index (Phi) is 2.54. The SMILES string of the molecule is CN1C(=O)N(C)C2C1NC(=O)N2CC(=O)NN. The normalized spacial score (nSPS) is 27.4. The molecule has 2 rings (SSSR count). The van der Waals surface area contributed by atoms with Crippen LogP contribution in [-0.4, -0.2) is 65.6 Å². The average molecular weight is 242 g/mol. The lowest BCUT2D eigenvalue weighted by atomic mass is 10.3. The zero-order chi connectivity index (χ0) is 12.7. The zero-order valence-corrected chi connectivity index (χ0v) is 9.51. The Hall–Kier alpha value is -2.03. The highest BCUT2D eigenvalue weighted by Crippen LogP contribution is 2.25. The quantitative estimate of drug-likeness (QED) is 0.286. The smallest absolute Gasteiger partial charge is 0.314 e. The van der Waals surface area contributed by atoms with Gasteiger partial charge in [0.1, 0.15) is 18.9 Å². The summed E-state index contributed by atoms with van der Waals surface area (Å²) in [5.74, 6) is 4.48. The van der Waals surface area contributed by atoms with Gasteiger partial charge in [0.15, 0.2) is 0 Å². The molecule has 2 unspecified atom stereocenters. The third-order valence-electron chi connectivity index (χ3n) is 3.03. The highest BCUT2D eigenvalue weighted by molar-refractivity contribution is 5.88. The van der Waals surface area contributed by atoms with Gasteiger partial charge in [-0.2, -0.15) is 0 Å². The first-order valence-electron chi connectivity index (χ1n) is 5.03. The lowest BCUT2D eigenvalue weighted by molar-refractivity contribution is -0.122. The van der Waals surface area contributed by atoms with Crippen molar-refractivity contribution in [1.29, 1.82) is 0 Å². The molecule has 2 fully saturated rings. The summed E-state index contributed by atoms with van der Waals surface area (Å²) >= 11 is 0. The van der Waals surface area contributed by atoms with Gasteiger partial charge in [0.25, 0.3) is 5.91 Å². The second kappa shape index (κ2) is 3.77. The summed E-state index contributed by atoms with van der Waals surface area (Å²) in [4.78, 5) is 38.6. The number of hydrogen-bond donors (Lipinski definition) is 3. The van der Waals surface area contributed by atoms with Crippen molar-refractivity contribution in [2.75, 3.05) is 20.6 Å². The molecule has 0 aromatic rings. The first-order valence-corrected chi connectivity index (χ1v) is 5.03. The highest BCUT2D eigenvalue weighted by Gasteiger charge is 2.52. The lowest BCUT2D eigenvalue weighted by Crippen LogP contribution is -2.49. The van der Waals surface area contributed by atoms with Crippen LogP contribution in [0.25, 0.3) is 0 Å². The van der Waals surface area contributed by atoms with E-state index >= 15 is 0 Å². The first kappa shape index (κ1) is 11.5. The largest absolute Gasteiger partial charge is 0.323 e. The van der Waals surface area contributed by atoms with E-state index in [9.17, 15) is 14.4 Å². The molecule has 0 radical (unpaired) electrons. The van der Waals surface area contributed by atoms with E-state index in [4.69, 9.17) is 5.84 Å². The number of nitrogens with one attached hydrogen (secondary N) is 2. The molecule has 9 heteroatoms. The summed E-state index contributed by atoms with van der Waals surface area (Å²) in [6.07, 6.45) is -0.928. The lowest BCUT2D eigenvalue weighted by Gasteiger charge is -2.25. The number of nitrogens with zero attached hydrogens (tertiary/aromatic N) is 3. The highest BCUT2D eigenvalue weighted by atomic mass is 16.2. The van der Waals surface area contributed by atoms with Crippen LogP contribution in [0.1, 0.15) is 0 Å². The maximum absolute atomic E-state index is 11.7. The van der Waals surface area contributed by atoms with Gasteiger partial charge >= 0.3 is 12.1 Å². The van der Waals surface area contributed by atoms with Crippen molar-refractivity contribution >= 4 is 18.0 Å². The molecule has 4 N–H and O–H groups in total. The van der Waals surface area contributed by atoms with E-state index in [0.717, 1.165) is 0 Å². The Labute approximate surface area is 97.5 Å². The standard InChI is InChI=1S/C8H14N6O3/c1-12-5-6(13(2)8(12)17)14(7(16)10-5)3-4(15)11-9/h5-6H,3,9H2,1-2H3,(H,10,16)(H,11,15). The van der Waals surface area contributed by atoms with Crippen molar-refractivity contribution in [3.63, 3.8) is 0 Å². The monoisotopic (exact) mass is 242 g/mol. The van der Waals surface area contributed by atoms with Crippen molar-refractivity contribution in [3.8, 4) is 0 Å². The Morgan fingerprint density at radius 2 is 2.06 bits per heavy atom. The number of urea groups is 2. The van der Waals surface area contributed by atoms with Gasteiger partial charge in [0.2, 0.25) is 0 Å². The van der Waals surface area contributed by atoms with E-state index in [0.29, 0.717) is 0 Å². The number of likely N-dealkylation sites (N-methyl/N-ethyl adjacent to an activating group) is 2. The molecular weight excluding hydrogens is 228 g/mol. The maximum atomic E-state index is 11.7. The third-order valence-corrected chi connectivity index (χ3v) is 3.03. The summed E-state index contributed by atoms with van der Waals surface area (Å²) in [5.41, 5.74) is 1.95. The average Bonchev–Trinajstić information content (AvgIpc) is 2.72. The molecule has 0 aromatic carbocycles. The maximum Gasteiger partial charge on any atom is 0.323 e. The van der Waals surface area contributed by atoms with Gasteiger partial charge in [0.05, 0.1) is 0 Å². The Bertz CT molecular complexity index is 385. The Morgan fingerprint density at radius 1 is 1.41 bits per heavy atom. The molecule has 9 nitrogen and oxygen atoms in total. The molecule has 2 aliphatic heterocycles. The van der Waals surface area contributed by atoms with Gasteiger partial charge in [0, 0.05) is 14.1 Å². The molecule has 0 aromatic heterocycles. The van der Waals surface area contributed by atoms with Crippen LogP contribution >= 0.6 is 0 Å². The first-order chi connectivity index (χ1) is 7.97. The van der Waals surface area contributed by atoms with E-state index in [-0.39, 0.29) is 12.6 Å². The van der Waals surface area contributed by atoms with Crippen molar-refractivity contribution < 1.29 is 14.4 Å². The molecule has 0 aliphatic carbocycles. The van der Waals surface area contributed by atoms with E-state index < -0.39 is 24.3 Å². The molecular formula is C8H14N6O3. The number of hydrogen-bond acceptors (Lipinski definition) is 4. The molecule has 0 spiro atoms. The van der Waals surface area contributed by atoms with Gasteiger partial charge in [-0.25, -0.2) is 15.4 Å². The second-order valence-corrected chi connectivity index (χ2v) is 4.01. The minimum Gasteiger partial charge on any atom is -0.314 e. The van der Waals surface area contributed by atoms with Crippen LogP contribution in [-0.2, 0) is 4.79 Å². The van der Waals surface area contributed by atoms with Gasteiger partial charge in [-0.05, 0) is 0 Å². The fourth-order valence-electron chi connectivity index (χ4n) is 2.14. The Balaban J connectivity index is 2.20. The van der Waals surface area contributed by atoms with Gasteiger partial charge in [-0.1, -0.05) is 0 Å². The molecule has 5 amide bonds. The number of fused-ring (bicyclic) bond motifs is 1. The molecule has 17 heavy (non-hydrogen) atoms. The summed E-state index contributed by atoms with van der Waals surface area (Å²) in [7, 11) is 3.17. The molecule has 0 bridgehead atoms.